The molecule has 0 aliphatic carbocycles. The number of hydrogen-bond donors (Lipinski definition) is 1. The average Bonchev–Trinajstić information content (AvgIpc) is 2.94. The summed E-state index contributed by atoms with van der Waals surface area (Å²) in [7, 11) is 0. The van der Waals surface area contributed by atoms with E-state index in [1.54, 1.807) is 30.0 Å². The minimum atomic E-state index is -0.382. The molecule has 0 bridgehead atoms. The van der Waals surface area contributed by atoms with Crippen LogP contribution < -0.4 is 5.32 Å². The van der Waals surface area contributed by atoms with Gasteiger partial charge in [0, 0.05) is 11.8 Å². The monoisotopic (exact) mass is 321 g/mol. The molecule has 1 aromatic heterocycles. The van der Waals surface area contributed by atoms with E-state index in [9.17, 15) is 4.79 Å². The summed E-state index contributed by atoms with van der Waals surface area (Å²) in [6.45, 7) is 2.04. The van der Waals surface area contributed by atoms with Crippen molar-refractivity contribution in [3.63, 3.8) is 0 Å². The predicted octanol–water partition coefficient (Wildman–Crippen LogP) is 3.71. The van der Waals surface area contributed by atoms with Gasteiger partial charge >= 0.3 is 0 Å². The summed E-state index contributed by atoms with van der Waals surface area (Å²) >= 11 is 7.59. The summed E-state index contributed by atoms with van der Waals surface area (Å²) in [5.74, 6) is 1.92. The molecular weight excluding hydrogens is 310 g/mol. The van der Waals surface area contributed by atoms with Crippen LogP contribution in [0.3, 0.4) is 0 Å². The van der Waals surface area contributed by atoms with Crippen molar-refractivity contribution in [1.82, 2.24) is 5.16 Å². The molecule has 1 aromatic carbocycles. The van der Waals surface area contributed by atoms with Crippen LogP contribution in [0.5, 0.6) is 0 Å². The average molecular weight is 322 g/mol. The van der Waals surface area contributed by atoms with E-state index in [4.69, 9.17) is 21.4 Å². The number of thioether (sulfide) groups is 1. The lowest BCUT2D eigenvalue weighted by atomic mass is 10.2. The highest BCUT2D eigenvalue weighted by molar-refractivity contribution is 7.98. The van der Waals surface area contributed by atoms with Crippen LogP contribution in [0.25, 0.3) is 0 Å². The molecule has 0 atom stereocenters. The zero-order chi connectivity index (χ0) is 15.2. The highest BCUT2D eigenvalue weighted by Crippen LogP contribution is 2.21. The third kappa shape index (κ3) is 4.00. The number of rotatable bonds is 5. The van der Waals surface area contributed by atoms with Gasteiger partial charge in [-0.2, -0.15) is 17.0 Å². The number of carbonyl (C=O) groups is 1. The smallest absolute Gasteiger partial charge is 0.277 e. The molecule has 0 saturated heterocycles. The minimum Gasteiger partial charge on any atom is -0.360 e. The number of aromatic nitrogens is 1. The standard InChI is InChI=1S/C14H12ClN3O2S/c1-2-21-8-11-6-13(18-20-11)14(19)17-10-4-3-9(7-16)12(15)5-10/h3-6H,2,8H2,1H3,(H,17,19). The molecule has 0 aliphatic heterocycles. The fourth-order valence-electron chi connectivity index (χ4n) is 1.57. The Kier molecular flexibility index (Phi) is 5.26. The largest absolute Gasteiger partial charge is 0.360 e. The molecule has 0 unspecified atom stereocenters. The molecule has 7 heteroatoms. The van der Waals surface area contributed by atoms with Crippen LogP contribution in [-0.4, -0.2) is 16.8 Å². The Balaban J connectivity index is 2.06. The quantitative estimate of drug-likeness (QED) is 0.908. The van der Waals surface area contributed by atoms with Gasteiger partial charge in [0.05, 0.1) is 16.3 Å². The Hall–Kier alpha value is -1.97. The van der Waals surface area contributed by atoms with Gasteiger partial charge in [-0.1, -0.05) is 23.7 Å². The Bertz CT molecular complexity index is 694. The molecule has 0 spiro atoms. The Labute approximate surface area is 131 Å². The van der Waals surface area contributed by atoms with E-state index in [0.29, 0.717) is 22.8 Å². The van der Waals surface area contributed by atoms with E-state index in [-0.39, 0.29) is 16.6 Å². The van der Waals surface area contributed by atoms with Crippen LogP contribution in [0.1, 0.15) is 28.7 Å². The van der Waals surface area contributed by atoms with Gasteiger partial charge in [0.2, 0.25) is 0 Å². The fraction of sp³-hybridized carbons (Fsp3) is 0.214. The first-order valence-corrected chi connectivity index (χ1v) is 7.71. The van der Waals surface area contributed by atoms with Crippen molar-refractivity contribution in [3.8, 4) is 6.07 Å². The summed E-state index contributed by atoms with van der Waals surface area (Å²) < 4.78 is 5.09. The van der Waals surface area contributed by atoms with Crippen LogP contribution in [0.15, 0.2) is 28.8 Å². The zero-order valence-corrected chi connectivity index (χ0v) is 12.8. The topological polar surface area (TPSA) is 78.9 Å². The number of nitrogens with zero attached hydrogens (tertiary/aromatic N) is 2. The first-order chi connectivity index (χ1) is 10.1. The number of benzene rings is 1. The lowest BCUT2D eigenvalue weighted by Gasteiger charge is -2.03. The summed E-state index contributed by atoms with van der Waals surface area (Å²) in [5.41, 5.74) is 1.06. The number of halogens is 1. The second-order valence-corrected chi connectivity index (χ2v) is 5.76. The van der Waals surface area contributed by atoms with Gasteiger partial charge in [-0.05, 0) is 24.0 Å². The summed E-state index contributed by atoms with van der Waals surface area (Å²) in [6.07, 6.45) is 0. The first-order valence-electron chi connectivity index (χ1n) is 6.18. The van der Waals surface area contributed by atoms with Gasteiger partial charge in [-0.3, -0.25) is 4.79 Å². The van der Waals surface area contributed by atoms with Gasteiger partial charge in [-0.25, -0.2) is 0 Å². The molecule has 5 nitrogen and oxygen atoms in total. The van der Waals surface area contributed by atoms with Crippen LogP contribution in [0.4, 0.5) is 5.69 Å². The molecule has 2 aromatic rings. The van der Waals surface area contributed by atoms with Crippen molar-refractivity contribution in [2.24, 2.45) is 0 Å². The third-order valence-corrected chi connectivity index (χ3v) is 3.80. The number of nitriles is 1. The van der Waals surface area contributed by atoms with E-state index in [2.05, 4.69) is 10.5 Å². The molecule has 1 N–H and O–H groups in total. The number of nitrogens with one attached hydrogen (secondary N) is 1. The van der Waals surface area contributed by atoms with Gasteiger partial charge < -0.3 is 9.84 Å². The van der Waals surface area contributed by atoms with E-state index in [0.717, 1.165) is 5.75 Å². The summed E-state index contributed by atoms with van der Waals surface area (Å²) in [4.78, 5) is 12.0. The number of amides is 1. The van der Waals surface area contributed by atoms with E-state index >= 15 is 0 Å². The van der Waals surface area contributed by atoms with Crippen molar-refractivity contribution in [1.29, 1.82) is 5.26 Å². The van der Waals surface area contributed by atoms with Crippen molar-refractivity contribution in [2.75, 3.05) is 11.1 Å². The van der Waals surface area contributed by atoms with E-state index in [1.807, 2.05) is 13.0 Å². The SMILES string of the molecule is CCSCc1cc(C(=O)Nc2ccc(C#N)c(Cl)c2)no1. The van der Waals surface area contributed by atoms with Crippen LogP contribution >= 0.6 is 23.4 Å². The minimum absolute atomic E-state index is 0.210. The third-order valence-electron chi connectivity index (χ3n) is 2.59. The first kappa shape index (κ1) is 15.4. The number of anilines is 1. The Morgan fingerprint density at radius 1 is 1.52 bits per heavy atom. The van der Waals surface area contributed by atoms with Crippen molar-refractivity contribution < 1.29 is 9.32 Å². The van der Waals surface area contributed by atoms with E-state index < -0.39 is 0 Å². The highest BCUT2D eigenvalue weighted by atomic mass is 35.5. The highest BCUT2D eigenvalue weighted by Gasteiger charge is 2.13. The second-order valence-electron chi connectivity index (χ2n) is 4.08. The molecule has 0 radical (unpaired) electrons. The number of carbonyl (C=O) groups excluding carboxylic acids is 1. The van der Waals surface area contributed by atoms with Crippen molar-refractivity contribution in [2.45, 2.75) is 12.7 Å². The molecule has 2 rings (SSSR count). The Morgan fingerprint density at radius 2 is 2.33 bits per heavy atom. The van der Waals surface area contributed by atoms with Gasteiger partial charge in [0.1, 0.15) is 11.8 Å². The lowest BCUT2D eigenvalue weighted by Crippen LogP contribution is -2.12. The van der Waals surface area contributed by atoms with E-state index in [1.165, 1.54) is 6.07 Å². The number of hydrogen-bond acceptors (Lipinski definition) is 5. The van der Waals surface area contributed by atoms with Crippen molar-refractivity contribution in [3.05, 3.63) is 46.3 Å². The normalized spacial score (nSPS) is 10.1. The zero-order valence-electron chi connectivity index (χ0n) is 11.2. The fourth-order valence-corrected chi connectivity index (χ4v) is 2.33. The molecule has 0 aliphatic rings. The summed E-state index contributed by atoms with van der Waals surface area (Å²) in [5, 5.41) is 15.5. The molecule has 21 heavy (non-hydrogen) atoms. The maximum atomic E-state index is 12.0. The van der Waals surface area contributed by atoms with Gasteiger partial charge in [0.15, 0.2) is 5.69 Å². The Morgan fingerprint density at radius 3 is 3.00 bits per heavy atom. The van der Waals surface area contributed by atoms with Crippen LogP contribution in [-0.2, 0) is 5.75 Å². The van der Waals surface area contributed by atoms with Crippen LogP contribution in [0.2, 0.25) is 5.02 Å². The second kappa shape index (κ2) is 7.16. The molecule has 0 saturated carbocycles. The maximum absolute atomic E-state index is 12.0. The predicted molar refractivity (Wildman–Crippen MR) is 82.5 cm³/mol. The molecule has 1 amide bonds. The van der Waals surface area contributed by atoms with Gasteiger partial charge in [0.25, 0.3) is 5.91 Å². The molecule has 1 heterocycles. The van der Waals surface area contributed by atoms with Gasteiger partial charge in [-0.15, -0.1) is 0 Å². The lowest BCUT2D eigenvalue weighted by molar-refractivity contribution is 0.101. The molecule has 108 valence electrons. The van der Waals surface area contributed by atoms with Crippen LogP contribution in [0, 0.1) is 11.3 Å². The van der Waals surface area contributed by atoms with Crippen molar-refractivity contribution >= 4 is 35.0 Å². The maximum Gasteiger partial charge on any atom is 0.277 e. The summed E-state index contributed by atoms with van der Waals surface area (Å²) in [6, 6.07) is 8.24. The molecular formula is C14H12ClN3O2S. The molecule has 0 fully saturated rings.